The van der Waals surface area contributed by atoms with Gasteiger partial charge in [0, 0.05) is 0 Å². The van der Waals surface area contributed by atoms with Gasteiger partial charge in [0.05, 0.1) is 0 Å². The molecule has 1 heterocycles. The summed E-state index contributed by atoms with van der Waals surface area (Å²) >= 11 is 0. The van der Waals surface area contributed by atoms with Crippen molar-refractivity contribution in [1.82, 2.24) is 10.6 Å². The number of amides is 3. The van der Waals surface area contributed by atoms with Crippen molar-refractivity contribution in [3.63, 3.8) is 0 Å². The van der Waals surface area contributed by atoms with Gasteiger partial charge in [0.15, 0.2) is 0 Å². The molecule has 0 bridgehead atoms. The van der Waals surface area contributed by atoms with E-state index in [0.29, 0.717) is 0 Å². The van der Waals surface area contributed by atoms with Crippen LogP contribution in [-0.4, -0.2) is 42.4 Å². The first kappa shape index (κ1) is 37.4. The van der Waals surface area contributed by atoms with Crippen LogP contribution in [0.3, 0.4) is 0 Å². The van der Waals surface area contributed by atoms with Crippen molar-refractivity contribution in [2.45, 2.75) is 188 Å². The molecule has 4 nitrogen and oxygen atoms in total. The molecule has 238 valence electrons. The van der Waals surface area contributed by atoms with Crippen molar-refractivity contribution in [2.75, 3.05) is 24.6 Å². The molecule has 0 radical (unpaired) electrons. The Balaban J connectivity index is 2.95. The Labute approximate surface area is 250 Å². The topological polar surface area (TPSA) is 58.2 Å². The van der Waals surface area contributed by atoms with E-state index in [1.807, 2.05) is 0 Å². The summed E-state index contributed by atoms with van der Waals surface area (Å²) < 4.78 is 0. The molecule has 1 saturated heterocycles. The summed E-state index contributed by atoms with van der Waals surface area (Å²) in [6.45, 7) is 6.62. The standard InChI is InChI=1S/C35H71N2O2P/c1-5-9-13-17-18-19-20-21-22-23-24-28-32-40(29-25-14-10-6-2,30-26-15-11-7-3,31-27-16-12-8-4)34-33(38)36-35(39)37-34/h34H,5-32H2,1-4H3,(H2,36,37,38,39). The number of urea groups is 1. The van der Waals surface area contributed by atoms with E-state index in [-0.39, 0.29) is 17.7 Å². The minimum atomic E-state index is -2.52. The zero-order chi connectivity index (χ0) is 29.4. The van der Waals surface area contributed by atoms with E-state index in [1.54, 1.807) is 0 Å². The van der Waals surface area contributed by atoms with E-state index in [9.17, 15) is 9.59 Å². The van der Waals surface area contributed by atoms with Gasteiger partial charge in [0.2, 0.25) is 0 Å². The van der Waals surface area contributed by atoms with Gasteiger partial charge < -0.3 is 0 Å². The van der Waals surface area contributed by atoms with Crippen LogP contribution in [0.1, 0.15) is 182 Å². The molecule has 1 atom stereocenters. The Bertz CT molecular complexity index is 619. The van der Waals surface area contributed by atoms with E-state index in [0.717, 1.165) is 0 Å². The number of hydrogen-bond acceptors (Lipinski definition) is 2. The third kappa shape index (κ3) is 14.0. The van der Waals surface area contributed by atoms with Crippen LogP contribution < -0.4 is 10.6 Å². The maximum atomic E-state index is 13.5. The molecule has 0 saturated carbocycles. The van der Waals surface area contributed by atoms with Gasteiger partial charge in [-0.3, -0.25) is 0 Å². The molecule has 1 fully saturated rings. The SMILES string of the molecule is CCCCCCCCCCCCCCP(CCCCCC)(CCCCCC)(CCCCCC)C1NC(=O)NC1=O. The van der Waals surface area contributed by atoms with Crippen molar-refractivity contribution < 1.29 is 9.59 Å². The quantitative estimate of drug-likeness (QED) is 0.0523. The van der Waals surface area contributed by atoms with Crippen LogP contribution in [0.25, 0.3) is 0 Å². The molecule has 5 heteroatoms. The Morgan fingerprint density at radius 3 is 1.00 bits per heavy atom. The first-order chi connectivity index (χ1) is 19.5. The van der Waals surface area contributed by atoms with E-state index in [1.165, 1.54) is 179 Å². The van der Waals surface area contributed by atoms with Gasteiger partial charge in [-0.05, 0) is 0 Å². The number of hydrogen-bond donors (Lipinski definition) is 2. The van der Waals surface area contributed by atoms with Crippen molar-refractivity contribution in [3.8, 4) is 0 Å². The van der Waals surface area contributed by atoms with Gasteiger partial charge in [0.25, 0.3) is 0 Å². The van der Waals surface area contributed by atoms with E-state index < -0.39 is 6.60 Å². The molecule has 0 spiro atoms. The number of imide groups is 1. The Morgan fingerprint density at radius 1 is 0.450 bits per heavy atom. The zero-order valence-electron chi connectivity index (χ0n) is 27.6. The van der Waals surface area contributed by atoms with E-state index >= 15 is 0 Å². The van der Waals surface area contributed by atoms with Crippen LogP contribution in [-0.2, 0) is 4.79 Å². The van der Waals surface area contributed by atoms with Gasteiger partial charge >= 0.3 is 238 Å². The summed E-state index contributed by atoms with van der Waals surface area (Å²) in [5.74, 6) is -0.237. The molecule has 1 aliphatic rings. The summed E-state index contributed by atoms with van der Waals surface area (Å²) in [5, 5.41) is 5.95. The van der Waals surface area contributed by atoms with Crippen LogP contribution in [0, 0.1) is 0 Å². The number of nitrogens with one attached hydrogen (secondary N) is 2. The fraction of sp³-hybridized carbons (Fsp3) is 0.943. The zero-order valence-corrected chi connectivity index (χ0v) is 28.5. The molecule has 40 heavy (non-hydrogen) atoms. The molecule has 1 rings (SSSR count). The molecule has 1 unspecified atom stereocenters. The average Bonchev–Trinajstić information content (AvgIpc) is 3.31. The van der Waals surface area contributed by atoms with Crippen LogP contribution in [0.2, 0.25) is 0 Å². The maximum absolute atomic E-state index is 13.5. The van der Waals surface area contributed by atoms with Crippen molar-refractivity contribution in [1.29, 1.82) is 0 Å². The monoisotopic (exact) mass is 583 g/mol. The van der Waals surface area contributed by atoms with E-state index in [4.69, 9.17) is 0 Å². The van der Waals surface area contributed by atoms with Crippen molar-refractivity contribution in [2.24, 2.45) is 0 Å². The van der Waals surface area contributed by atoms with Gasteiger partial charge in [-0.15, -0.1) is 0 Å². The molecule has 0 aromatic heterocycles. The predicted octanol–water partition coefficient (Wildman–Crippen LogP) is 11.1. The molecular weight excluding hydrogens is 511 g/mol. The Kier molecular flexibility index (Phi) is 21.4. The average molecular weight is 583 g/mol. The molecule has 2 N–H and O–H groups in total. The fourth-order valence-electron chi connectivity index (χ4n) is 7.38. The van der Waals surface area contributed by atoms with Gasteiger partial charge in [0.1, 0.15) is 0 Å². The van der Waals surface area contributed by atoms with E-state index in [2.05, 4.69) is 38.3 Å². The third-order valence-corrected chi connectivity index (χ3v) is 17.9. The first-order valence-electron chi connectivity index (χ1n) is 18.1. The van der Waals surface area contributed by atoms with Crippen LogP contribution in [0.4, 0.5) is 4.79 Å². The number of rotatable bonds is 29. The molecular formula is C35H71N2O2P. The molecule has 1 aliphatic heterocycles. The second kappa shape index (κ2) is 22.9. The number of unbranched alkanes of at least 4 members (excludes halogenated alkanes) is 20. The molecule has 3 amide bonds. The first-order valence-corrected chi connectivity index (χ1v) is 21.1. The second-order valence-corrected chi connectivity index (χ2v) is 19.9. The van der Waals surface area contributed by atoms with Gasteiger partial charge in [-0.2, -0.15) is 0 Å². The Morgan fingerprint density at radius 2 is 0.725 bits per heavy atom. The van der Waals surface area contributed by atoms with Crippen molar-refractivity contribution >= 4 is 18.5 Å². The summed E-state index contributed by atoms with van der Waals surface area (Å²) in [6.07, 6.45) is 36.2. The molecule has 0 aliphatic carbocycles. The van der Waals surface area contributed by atoms with Crippen LogP contribution >= 0.6 is 6.60 Å². The number of carbonyl (C=O) groups is 2. The van der Waals surface area contributed by atoms with Gasteiger partial charge in [-0.25, -0.2) is 0 Å². The summed E-state index contributed by atoms with van der Waals surface area (Å²) in [6, 6.07) is -0.241. The summed E-state index contributed by atoms with van der Waals surface area (Å²) in [7, 11) is 0. The van der Waals surface area contributed by atoms with Gasteiger partial charge in [-0.1, -0.05) is 13.3 Å². The minimum absolute atomic E-state index is 0.00285. The summed E-state index contributed by atoms with van der Waals surface area (Å²) in [5.41, 5.74) is 0. The predicted molar refractivity (Wildman–Crippen MR) is 180 cm³/mol. The van der Waals surface area contributed by atoms with Crippen LogP contribution in [0.5, 0.6) is 0 Å². The van der Waals surface area contributed by atoms with Crippen molar-refractivity contribution in [3.05, 3.63) is 0 Å². The number of carbonyl (C=O) groups excluding carboxylic acids is 2. The van der Waals surface area contributed by atoms with Crippen LogP contribution in [0.15, 0.2) is 0 Å². The second-order valence-electron chi connectivity index (χ2n) is 13.4. The molecule has 0 aromatic rings. The fourth-order valence-corrected chi connectivity index (χ4v) is 15.3. The summed E-state index contributed by atoms with van der Waals surface area (Å²) in [4.78, 5) is 26.0. The normalized spacial score (nSPS) is 16.6. The Hall–Kier alpha value is -0.630. The molecule has 0 aromatic carbocycles. The third-order valence-electron chi connectivity index (χ3n) is 9.94.